The third-order valence-electron chi connectivity index (χ3n) is 2.01. The summed E-state index contributed by atoms with van der Waals surface area (Å²) in [7, 11) is 1.42. The minimum absolute atomic E-state index is 0.159. The number of carboxylic acid groups (broad SMARTS) is 1. The van der Waals surface area contributed by atoms with Crippen LogP contribution >= 0.6 is 0 Å². The number of rotatable bonds is 5. The predicted octanol–water partition coefficient (Wildman–Crippen LogP) is -0.154. The van der Waals surface area contributed by atoms with Gasteiger partial charge in [0.05, 0.1) is 17.0 Å². The molecule has 3 N–H and O–H groups in total. The van der Waals surface area contributed by atoms with Gasteiger partial charge in [-0.15, -0.1) is 0 Å². The lowest BCUT2D eigenvalue weighted by Gasteiger charge is -2.05. The van der Waals surface area contributed by atoms with E-state index in [4.69, 9.17) is 5.11 Å². The lowest BCUT2D eigenvalue weighted by Crippen LogP contribution is -2.26. The maximum Gasteiger partial charge on any atom is 0.337 e. The maximum absolute atomic E-state index is 11.0. The fourth-order valence-electron chi connectivity index (χ4n) is 1.10. The van der Waals surface area contributed by atoms with E-state index in [9.17, 15) is 19.7 Å². The van der Waals surface area contributed by atoms with E-state index in [1.807, 2.05) is 0 Å². The quantitative estimate of drug-likeness (QED) is 0.491. The first-order chi connectivity index (χ1) is 8.45. The summed E-state index contributed by atoms with van der Waals surface area (Å²) in [5.41, 5.74) is -0.800. The molecule has 0 bridgehead atoms. The summed E-state index contributed by atoms with van der Waals surface area (Å²) in [6.45, 7) is -0.198. The first kappa shape index (κ1) is 13.4. The molecule has 0 aromatic carbocycles. The van der Waals surface area contributed by atoms with Crippen LogP contribution < -0.4 is 10.6 Å². The van der Waals surface area contributed by atoms with Crippen LogP contribution in [0.25, 0.3) is 0 Å². The Kier molecular flexibility index (Phi) is 4.13. The molecule has 0 aliphatic heterocycles. The van der Waals surface area contributed by atoms with Crippen LogP contribution in [0, 0.1) is 10.1 Å². The molecule has 1 amide bonds. The summed E-state index contributed by atoms with van der Waals surface area (Å²) >= 11 is 0. The standard InChI is InChI=1S/C9H10N4O5/c1-10-7(14)4-12-8-6(13(17)18)2-5(3-11-8)9(15)16/h2-3H,4H2,1H3,(H,10,14)(H,11,12)(H,15,16). The zero-order valence-electron chi connectivity index (χ0n) is 9.34. The van der Waals surface area contributed by atoms with Gasteiger partial charge in [0.1, 0.15) is 0 Å². The zero-order valence-corrected chi connectivity index (χ0v) is 9.34. The normalized spacial score (nSPS) is 9.61. The number of carbonyl (C=O) groups excluding carboxylic acids is 1. The van der Waals surface area contributed by atoms with E-state index in [0.717, 1.165) is 12.3 Å². The number of hydrogen-bond donors (Lipinski definition) is 3. The molecule has 18 heavy (non-hydrogen) atoms. The molecule has 1 rings (SSSR count). The highest BCUT2D eigenvalue weighted by Crippen LogP contribution is 2.22. The van der Waals surface area contributed by atoms with E-state index in [0.29, 0.717) is 0 Å². The minimum Gasteiger partial charge on any atom is -0.478 e. The van der Waals surface area contributed by atoms with Gasteiger partial charge >= 0.3 is 11.7 Å². The molecular weight excluding hydrogens is 244 g/mol. The average Bonchev–Trinajstić information content (AvgIpc) is 2.35. The summed E-state index contributed by atoms with van der Waals surface area (Å²) in [5, 5.41) is 24.2. The maximum atomic E-state index is 11.0. The monoisotopic (exact) mass is 254 g/mol. The molecule has 0 unspecified atom stereocenters. The number of anilines is 1. The molecule has 96 valence electrons. The fourth-order valence-corrected chi connectivity index (χ4v) is 1.10. The van der Waals surface area contributed by atoms with Gasteiger partial charge in [0.25, 0.3) is 0 Å². The zero-order chi connectivity index (χ0) is 13.7. The average molecular weight is 254 g/mol. The SMILES string of the molecule is CNC(=O)CNc1ncc(C(=O)O)cc1[N+](=O)[O-]. The van der Waals surface area contributed by atoms with E-state index >= 15 is 0 Å². The topological polar surface area (TPSA) is 134 Å². The van der Waals surface area contributed by atoms with Gasteiger partial charge in [-0.05, 0) is 0 Å². The molecule has 0 saturated carbocycles. The number of likely N-dealkylation sites (N-methyl/N-ethyl adjacent to an activating group) is 1. The Bertz CT molecular complexity index is 502. The van der Waals surface area contributed by atoms with Crippen molar-refractivity contribution in [2.24, 2.45) is 0 Å². The van der Waals surface area contributed by atoms with E-state index in [1.54, 1.807) is 0 Å². The summed E-state index contributed by atoms with van der Waals surface area (Å²) in [5.74, 6) is -1.86. The van der Waals surface area contributed by atoms with Gasteiger partial charge in [0, 0.05) is 19.3 Å². The molecule has 0 saturated heterocycles. The Morgan fingerprint density at radius 2 is 2.22 bits per heavy atom. The highest BCUT2D eigenvalue weighted by Gasteiger charge is 2.19. The van der Waals surface area contributed by atoms with Crippen LogP contribution in [0.15, 0.2) is 12.3 Å². The molecule has 0 aliphatic carbocycles. The van der Waals surface area contributed by atoms with Crippen molar-refractivity contribution in [1.29, 1.82) is 0 Å². The smallest absolute Gasteiger partial charge is 0.337 e. The van der Waals surface area contributed by atoms with Gasteiger partial charge in [-0.1, -0.05) is 0 Å². The van der Waals surface area contributed by atoms with Gasteiger partial charge in [-0.3, -0.25) is 14.9 Å². The number of pyridine rings is 1. The molecule has 1 aromatic heterocycles. The lowest BCUT2D eigenvalue weighted by atomic mass is 10.2. The predicted molar refractivity (Wildman–Crippen MR) is 60.4 cm³/mol. The van der Waals surface area contributed by atoms with Crippen LogP contribution in [0.3, 0.4) is 0 Å². The summed E-state index contributed by atoms with van der Waals surface area (Å²) in [6, 6.07) is 0.877. The van der Waals surface area contributed by atoms with Crippen molar-refractivity contribution in [3.8, 4) is 0 Å². The van der Waals surface area contributed by atoms with Crippen molar-refractivity contribution in [2.45, 2.75) is 0 Å². The van der Waals surface area contributed by atoms with Crippen molar-refractivity contribution < 1.29 is 19.6 Å². The number of aromatic carboxylic acids is 1. The molecule has 9 nitrogen and oxygen atoms in total. The summed E-state index contributed by atoms with van der Waals surface area (Å²) in [6.07, 6.45) is 0.974. The third kappa shape index (κ3) is 3.14. The van der Waals surface area contributed by atoms with Crippen molar-refractivity contribution in [3.05, 3.63) is 27.9 Å². The molecule has 0 spiro atoms. The second kappa shape index (κ2) is 5.57. The fraction of sp³-hybridized carbons (Fsp3) is 0.222. The molecule has 9 heteroatoms. The Hall–Kier alpha value is -2.71. The number of nitro groups is 1. The Morgan fingerprint density at radius 1 is 1.56 bits per heavy atom. The highest BCUT2D eigenvalue weighted by molar-refractivity contribution is 5.89. The number of carbonyl (C=O) groups is 2. The van der Waals surface area contributed by atoms with Crippen molar-refractivity contribution in [3.63, 3.8) is 0 Å². The Balaban J connectivity index is 3.00. The van der Waals surface area contributed by atoms with Crippen molar-refractivity contribution in [2.75, 3.05) is 18.9 Å². The Labute approximate surface area is 101 Å². The largest absolute Gasteiger partial charge is 0.478 e. The molecule has 0 radical (unpaired) electrons. The number of hydrogen-bond acceptors (Lipinski definition) is 6. The van der Waals surface area contributed by atoms with Crippen LogP contribution in [0.1, 0.15) is 10.4 Å². The highest BCUT2D eigenvalue weighted by atomic mass is 16.6. The van der Waals surface area contributed by atoms with Crippen LogP contribution in [0.2, 0.25) is 0 Å². The second-order valence-corrected chi connectivity index (χ2v) is 3.18. The van der Waals surface area contributed by atoms with E-state index in [1.165, 1.54) is 7.05 Å². The van der Waals surface area contributed by atoms with Gasteiger partial charge in [0.15, 0.2) is 0 Å². The number of amides is 1. The Morgan fingerprint density at radius 3 is 2.72 bits per heavy atom. The van der Waals surface area contributed by atoms with Crippen LogP contribution in [-0.4, -0.2) is 40.5 Å². The molecule has 1 aromatic rings. The molecule has 0 atom stereocenters. The van der Waals surface area contributed by atoms with Crippen LogP contribution in [0.4, 0.5) is 11.5 Å². The van der Waals surface area contributed by atoms with Crippen molar-refractivity contribution in [1.82, 2.24) is 10.3 Å². The van der Waals surface area contributed by atoms with Gasteiger partial charge in [0.2, 0.25) is 11.7 Å². The molecule has 0 aliphatic rings. The number of aromatic nitrogens is 1. The van der Waals surface area contributed by atoms with Crippen molar-refractivity contribution >= 4 is 23.4 Å². The van der Waals surface area contributed by atoms with E-state index in [2.05, 4.69) is 15.6 Å². The first-order valence-corrected chi connectivity index (χ1v) is 4.78. The number of nitrogens with one attached hydrogen (secondary N) is 2. The first-order valence-electron chi connectivity index (χ1n) is 4.78. The summed E-state index contributed by atoms with van der Waals surface area (Å²) in [4.78, 5) is 35.2. The lowest BCUT2D eigenvalue weighted by molar-refractivity contribution is -0.384. The van der Waals surface area contributed by atoms with Gasteiger partial charge in [-0.25, -0.2) is 9.78 Å². The molecular formula is C9H10N4O5. The minimum atomic E-state index is -1.32. The third-order valence-corrected chi connectivity index (χ3v) is 2.01. The second-order valence-electron chi connectivity index (χ2n) is 3.18. The van der Waals surface area contributed by atoms with E-state index in [-0.39, 0.29) is 23.8 Å². The molecule has 1 heterocycles. The van der Waals surface area contributed by atoms with Gasteiger partial charge in [-0.2, -0.15) is 0 Å². The van der Waals surface area contributed by atoms with Crippen LogP contribution in [0.5, 0.6) is 0 Å². The number of carboxylic acids is 1. The number of nitrogens with zero attached hydrogens (tertiary/aromatic N) is 2. The van der Waals surface area contributed by atoms with Gasteiger partial charge < -0.3 is 15.7 Å². The molecule has 0 fully saturated rings. The summed E-state index contributed by atoms with van der Waals surface area (Å²) < 4.78 is 0. The van der Waals surface area contributed by atoms with E-state index < -0.39 is 16.6 Å². The van der Waals surface area contributed by atoms with Crippen LogP contribution in [-0.2, 0) is 4.79 Å².